The van der Waals surface area contributed by atoms with Crippen LogP contribution in [0.25, 0.3) is 22.7 Å². The number of anilines is 1. The minimum Gasteiger partial charge on any atom is -0.460 e. The summed E-state index contributed by atoms with van der Waals surface area (Å²) in [5.41, 5.74) is 3.86. The fourth-order valence-corrected chi connectivity index (χ4v) is 3.28. The molecule has 2 N–H and O–H groups in total. The zero-order chi connectivity index (χ0) is 22.0. The van der Waals surface area contributed by atoms with Crippen LogP contribution in [0.4, 0.5) is 5.69 Å². The van der Waals surface area contributed by atoms with Gasteiger partial charge in [-0.1, -0.05) is 55.1 Å². The topological polar surface area (TPSA) is 84.3 Å². The first kappa shape index (κ1) is 20.2. The molecule has 0 spiro atoms. The monoisotopic (exact) mass is 413 g/mol. The van der Waals surface area contributed by atoms with Crippen LogP contribution in [0.1, 0.15) is 25.1 Å². The normalized spacial score (nSPS) is 10.8. The van der Waals surface area contributed by atoms with E-state index in [1.165, 1.54) is 10.6 Å². The average Bonchev–Trinajstić information content (AvgIpc) is 3.17. The van der Waals surface area contributed by atoms with Gasteiger partial charge in [-0.05, 0) is 31.5 Å². The summed E-state index contributed by atoms with van der Waals surface area (Å²) < 4.78 is 6.98. The molecular formula is C24H23N5O2. The van der Waals surface area contributed by atoms with Gasteiger partial charge in [0, 0.05) is 11.6 Å². The molecule has 156 valence electrons. The number of rotatable bonds is 7. The van der Waals surface area contributed by atoms with Gasteiger partial charge in [-0.15, -0.1) is 0 Å². The third kappa shape index (κ3) is 4.25. The lowest BCUT2D eigenvalue weighted by Crippen LogP contribution is -2.17. The van der Waals surface area contributed by atoms with Crippen LogP contribution in [0.5, 0.6) is 5.75 Å². The molecule has 0 aliphatic carbocycles. The van der Waals surface area contributed by atoms with Crippen molar-refractivity contribution in [3.8, 4) is 17.1 Å². The molecule has 0 radical (unpaired) electrons. The molecule has 0 aliphatic rings. The first-order chi connectivity index (χ1) is 14.9. The fraction of sp³-hybridized carbons (Fsp3) is 0.125. The predicted molar refractivity (Wildman–Crippen MR) is 123 cm³/mol. The van der Waals surface area contributed by atoms with Crippen LogP contribution in [0, 0.1) is 0 Å². The molecular weight excluding hydrogens is 390 g/mol. The Morgan fingerprint density at radius 3 is 2.61 bits per heavy atom. The van der Waals surface area contributed by atoms with Gasteiger partial charge in [-0.25, -0.2) is 4.98 Å². The summed E-state index contributed by atoms with van der Waals surface area (Å²) in [7, 11) is 0. The standard InChI is InChI=1S/C24H23N5O2/c1-15(2)18-9-5-6-10-19(18)23-27-24-26-17(13-22(30)29(24)28-23)14-25-20-11-7-8-12-21(20)31-16(3)4/h5-13,25H,1,3,14H2,2,4H3,(H,26,27,28). The molecule has 2 aromatic carbocycles. The van der Waals surface area contributed by atoms with Gasteiger partial charge in [0.15, 0.2) is 5.82 Å². The predicted octanol–water partition coefficient (Wildman–Crippen LogP) is 4.64. The highest BCUT2D eigenvalue weighted by molar-refractivity contribution is 5.77. The summed E-state index contributed by atoms with van der Waals surface area (Å²) in [5, 5.41) is 6.31. The molecule has 7 heteroatoms. The lowest BCUT2D eigenvalue weighted by molar-refractivity contribution is 0.432. The number of benzene rings is 2. The number of fused-ring (bicyclic) bond motifs is 1. The highest BCUT2D eigenvalue weighted by Gasteiger charge is 2.13. The van der Waals surface area contributed by atoms with E-state index in [9.17, 15) is 4.79 Å². The van der Waals surface area contributed by atoms with Crippen molar-refractivity contribution in [2.45, 2.75) is 20.4 Å². The molecule has 0 bridgehead atoms. The summed E-state index contributed by atoms with van der Waals surface area (Å²) in [6.07, 6.45) is 0. The lowest BCUT2D eigenvalue weighted by Gasteiger charge is -2.12. The average molecular weight is 413 g/mol. The minimum atomic E-state index is -0.236. The second-order valence-corrected chi connectivity index (χ2v) is 7.27. The maximum atomic E-state index is 12.7. The van der Waals surface area contributed by atoms with Gasteiger partial charge in [0.25, 0.3) is 11.3 Å². The first-order valence-electron chi connectivity index (χ1n) is 9.82. The Balaban J connectivity index is 1.65. The smallest absolute Gasteiger partial charge is 0.274 e. The highest BCUT2D eigenvalue weighted by atomic mass is 16.5. The van der Waals surface area contributed by atoms with Gasteiger partial charge >= 0.3 is 0 Å². The van der Waals surface area contributed by atoms with Crippen molar-refractivity contribution < 1.29 is 4.74 Å². The molecule has 0 amide bonds. The van der Waals surface area contributed by atoms with Crippen molar-refractivity contribution in [1.82, 2.24) is 19.6 Å². The summed E-state index contributed by atoms with van der Waals surface area (Å²) in [5.74, 6) is 2.12. The molecule has 0 fully saturated rings. The quantitative estimate of drug-likeness (QED) is 0.431. The van der Waals surface area contributed by atoms with Crippen molar-refractivity contribution >= 4 is 17.0 Å². The second kappa shape index (κ2) is 8.31. The van der Waals surface area contributed by atoms with E-state index in [2.05, 4.69) is 33.5 Å². The fourth-order valence-electron chi connectivity index (χ4n) is 3.28. The number of nitrogens with one attached hydrogen (secondary N) is 2. The van der Waals surface area contributed by atoms with Gasteiger partial charge in [-0.3, -0.25) is 9.89 Å². The van der Waals surface area contributed by atoms with Gasteiger partial charge in [0.05, 0.1) is 23.7 Å². The molecule has 2 aromatic heterocycles. The first-order valence-corrected chi connectivity index (χ1v) is 9.82. The molecule has 7 nitrogen and oxygen atoms in total. The van der Waals surface area contributed by atoms with Crippen LogP contribution >= 0.6 is 0 Å². The van der Waals surface area contributed by atoms with Crippen LogP contribution < -0.4 is 15.6 Å². The zero-order valence-corrected chi connectivity index (χ0v) is 17.5. The van der Waals surface area contributed by atoms with E-state index >= 15 is 0 Å². The van der Waals surface area contributed by atoms with Crippen LogP contribution in [-0.4, -0.2) is 19.6 Å². The minimum absolute atomic E-state index is 0.236. The molecule has 4 aromatic rings. The number of aromatic amines is 1. The number of hydrogen-bond donors (Lipinski definition) is 2. The van der Waals surface area contributed by atoms with Crippen LogP contribution in [0.2, 0.25) is 0 Å². The van der Waals surface area contributed by atoms with Gasteiger partial charge in [0.1, 0.15) is 5.75 Å². The summed E-state index contributed by atoms with van der Waals surface area (Å²) in [6.45, 7) is 11.9. The molecule has 4 rings (SSSR count). The molecule has 0 atom stereocenters. The van der Waals surface area contributed by atoms with Crippen molar-refractivity contribution in [1.29, 1.82) is 0 Å². The van der Waals surface area contributed by atoms with E-state index in [0.717, 1.165) is 22.4 Å². The molecule has 2 heterocycles. The Hall–Kier alpha value is -4.13. The number of ether oxygens (including phenoxy) is 1. The number of aromatic nitrogens is 4. The maximum Gasteiger partial charge on any atom is 0.274 e. The number of H-pyrrole nitrogens is 1. The lowest BCUT2D eigenvalue weighted by atomic mass is 10.0. The maximum absolute atomic E-state index is 12.7. The van der Waals surface area contributed by atoms with Gasteiger partial charge < -0.3 is 10.1 Å². The van der Waals surface area contributed by atoms with Crippen molar-refractivity contribution in [2.24, 2.45) is 0 Å². The summed E-state index contributed by atoms with van der Waals surface area (Å²) in [6, 6.07) is 16.8. The molecule has 31 heavy (non-hydrogen) atoms. The Bertz CT molecular complexity index is 1350. The number of para-hydroxylation sites is 2. The van der Waals surface area contributed by atoms with Crippen LogP contribution in [-0.2, 0) is 6.54 Å². The van der Waals surface area contributed by atoms with Gasteiger partial charge in [-0.2, -0.15) is 9.50 Å². The third-order valence-electron chi connectivity index (χ3n) is 4.66. The van der Waals surface area contributed by atoms with E-state index in [4.69, 9.17) is 4.74 Å². The Labute approximate surface area is 179 Å². The van der Waals surface area contributed by atoms with Crippen molar-refractivity contribution in [3.05, 3.63) is 95.1 Å². The van der Waals surface area contributed by atoms with Crippen molar-refractivity contribution in [2.75, 3.05) is 5.32 Å². The third-order valence-corrected chi connectivity index (χ3v) is 4.66. The van der Waals surface area contributed by atoms with E-state index in [0.29, 0.717) is 35.3 Å². The molecule has 0 unspecified atom stereocenters. The highest BCUT2D eigenvalue weighted by Crippen LogP contribution is 2.27. The van der Waals surface area contributed by atoms with Crippen LogP contribution in [0.15, 0.2) is 78.3 Å². The number of allylic oxidation sites excluding steroid dienone is 2. The molecule has 0 saturated carbocycles. The van der Waals surface area contributed by atoms with E-state index < -0.39 is 0 Å². The van der Waals surface area contributed by atoms with E-state index in [1.807, 2.05) is 55.5 Å². The Morgan fingerprint density at radius 1 is 1.10 bits per heavy atom. The van der Waals surface area contributed by atoms with Crippen molar-refractivity contribution in [3.63, 3.8) is 0 Å². The van der Waals surface area contributed by atoms with E-state index in [1.54, 1.807) is 6.92 Å². The Kier molecular flexibility index (Phi) is 5.41. The summed E-state index contributed by atoms with van der Waals surface area (Å²) >= 11 is 0. The van der Waals surface area contributed by atoms with E-state index in [-0.39, 0.29) is 5.56 Å². The number of hydrogen-bond acceptors (Lipinski definition) is 5. The molecule has 0 saturated heterocycles. The number of nitrogens with zero attached hydrogens (tertiary/aromatic N) is 3. The molecule has 0 aliphatic heterocycles. The Morgan fingerprint density at radius 2 is 1.84 bits per heavy atom. The SMILES string of the molecule is C=C(C)Oc1ccccc1NCc1cc(=O)n2[nH]c(-c3ccccc3C(=C)C)nc2n1. The summed E-state index contributed by atoms with van der Waals surface area (Å²) in [4.78, 5) is 21.7. The van der Waals surface area contributed by atoms with Crippen LogP contribution in [0.3, 0.4) is 0 Å². The zero-order valence-electron chi connectivity index (χ0n) is 17.5. The van der Waals surface area contributed by atoms with Gasteiger partial charge in [0.2, 0.25) is 0 Å². The second-order valence-electron chi connectivity index (χ2n) is 7.27. The largest absolute Gasteiger partial charge is 0.460 e.